The van der Waals surface area contributed by atoms with E-state index in [9.17, 15) is 5.11 Å². The molecule has 1 saturated carbocycles. The smallest absolute Gasteiger partial charge is 0.0781 e. The van der Waals surface area contributed by atoms with E-state index in [1.807, 2.05) is 0 Å². The highest BCUT2D eigenvalue weighted by Crippen LogP contribution is 2.29. The van der Waals surface area contributed by atoms with E-state index < -0.39 is 0 Å². The zero-order valence-corrected chi connectivity index (χ0v) is 13.3. The molecule has 2 rings (SSSR count). The van der Waals surface area contributed by atoms with Crippen LogP contribution in [0.4, 0.5) is 0 Å². The Morgan fingerprint density at radius 3 is 2.65 bits per heavy atom. The Balaban J connectivity index is 2.21. The van der Waals surface area contributed by atoms with Gasteiger partial charge in [-0.1, -0.05) is 33.1 Å². The van der Waals surface area contributed by atoms with Gasteiger partial charge >= 0.3 is 0 Å². The fourth-order valence-electron chi connectivity index (χ4n) is 3.14. The third-order valence-corrected chi connectivity index (χ3v) is 4.42. The van der Waals surface area contributed by atoms with Crippen molar-refractivity contribution in [3.8, 4) is 0 Å². The van der Waals surface area contributed by atoms with E-state index in [1.165, 1.54) is 24.1 Å². The first-order valence-electron chi connectivity index (χ1n) is 7.96. The molecule has 20 heavy (non-hydrogen) atoms. The molecule has 0 saturated heterocycles. The number of hydrogen-bond donors (Lipinski definition) is 2. The maximum Gasteiger partial charge on any atom is 0.0781 e. The number of nitrogens with one attached hydrogen (secondary N) is 1. The molecule has 1 aromatic heterocycles. The Morgan fingerprint density at radius 1 is 1.25 bits per heavy atom. The van der Waals surface area contributed by atoms with Crippen molar-refractivity contribution in [1.82, 2.24) is 15.1 Å². The topological polar surface area (TPSA) is 50.1 Å². The van der Waals surface area contributed by atoms with Gasteiger partial charge in [0, 0.05) is 23.8 Å². The standard InChI is InChI=1S/C16H29N3O/c1-11(2)17-10-14-12(3)18-19(13(14)4)15-8-6-5-7-9-16(15)20/h11,15-17,20H,5-10H2,1-4H3. The Labute approximate surface area is 122 Å². The molecule has 114 valence electrons. The molecule has 1 aromatic rings. The summed E-state index contributed by atoms with van der Waals surface area (Å²) in [6.07, 6.45) is 5.26. The molecule has 1 aliphatic carbocycles. The summed E-state index contributed by atoms with van der Waals surface area (Å²) in [5.41, 5.74) is 3.59. The van der Waals surface area contributed by atoms with Gasteiger partial charge in [-0.05, 0) is 26.7 Å². The quantitative estimate of drug-likeness (QED) is 0.833. The van der Waals surface area contributed by atoms with Gasteiger partial charge in [0.05, 0.1) is 17.8 Å². The summed E-state index contributed by atoms with van der Waals surface area (Å²) in [4.78, 5) is 0. The number of rotatable bonds is 4. The van der Waals surface area contributed by atoms with Crippen LogP contribution in [0.25, 0.3) is 0 Å². The van der Waals surface area contributed by atoms with Crippen LogP contribution in [-0.2, 0) is 6.54 Å². The van der Waals surface area contributed by atoms with E-state index in [4.69, 9.17) is 5.10 Å². The van der Waals surface area contributed by atoms with Crippen molar-refractivity contribution in [2.45, 2.75) is 84.5 Å². The van der Waals surface area contributed by atoms with Gasteiger partial charge in [-0.3, -0.25) is 4.68 Å². The van der Waals surface area contributed by atoms with Crippen molar-refractivity contribution in [2.24, 2.45) is 0 Å². The summed E-state index contributed by atoms with van der Waals surface area (Å²) in [5, 5.41) is 18.6. The molecule has 0 amide bonds. The number of aliphatic hydroxyl groups is 1. The minimum absolute atomic E-state index is 0.156. The SMILES string of the molecule is Cc1nn(C2CCCCCC2O)c(C)c1CNC(C)C. The lowest BCUT2D eigenvalue weighted by Gasteiger charge is -2.22. The van der Waals surface area contributed by atoms with Crippen molar-refractivity contribution in [3.05, 3.63) is 17.0 Å². The average molecular weight is 279 g/mol. The molecule has 0 aromatic carbocycles. The van der Waals surface area contributed by atoms with Crippen LogP contribution in [0.1, 0.15) is 68.9 Å². The van der Waals surface area contributed by atoms with Gasteiger partial charge < -0.3 is 10.4 Å². The second kappa shape index (κ2) is 6.72. The molecular formula is C16H29N3O. The minimum atomic E-state index is -0.249. The molecular weight excluding hydrogens is 250 g/mol. The van der Waals surface area contributed by atoms with Crippen LogP contribution >= 0.6 is 0 Å². The summed E-state index contributed by atoms with van der Waals surface area (Å²) in [6.45, 7) is 9.38. The number of aromatic nitrogens is 2. The zero-order chi connectivity index (χ0) is 14.7. The maximum atomic E-state index is 10.4. The van der Waals surface area contributed by atoms with Crippen LogP contribution < -0.4 is 5.32 Å². The van der Waals surface area contributed by atoms with E-state index in [2.05, 4.69) is 37.7 Å². The first kappa shape index (κ1) is 15.5. The Morgan fingerprint density at radius 2 is 1.95 bits per heavy atom. The lowest BCUT2D eigenvalue weighted by molar-refractivity contribution is 0.0977. The molecule has 0 aliphatic heterocycles. The summed E-state index contributed by atoms with van der Waals surface area (Å²) >= 11 is 0. The van der Waals surface area contributed by atoms with Crippen LogP contribution in [0, 0.1) is 13.8 Å². The average Bonchev–Trinajstić information content (AvgIpc) is 2.55. The van der Waals surface area contributed by atoms with Gasteiger partial charge in [-0.15, -0.1) is 0 Å². The van der Waals surface area contributed by atoms with Crippen LogP contribution in [0.2, 0.25) is 0 Å². The lowest BCUT2D eigenvalue weighted by atomic mass is 10.1. The first-order valence-corrected chi connectivity index (χ1v) is 7.96. The Kier molecular flexibility index (Phi) is 5.22. The third kappa shape index (κ3) is 3.41. The summed E-state index contributed by atoms with van der Waals surface area (Å²) in [7, 11) is 0. The van der Waals surface area contributed by atoms with Gasteiger partial charge in [-0.25, -0.2) is 0 Å². The highest BCUT2D eigenvalue weighted by Gasteiger charge is 2.26. The zero-order valence-electron chi connectivity index (χ0n) is 13.3. The molecule has 4 heteroatoms. The van der Waals surface area contributed by atoms with Crippen molar-refractivity contribution in [1.29, 1.82) is 0 Å². The van der Waals surface area contributed by atoms with Gasteiger partial charge in [0.15, 0.2) is 0 Å². The van der Waals surface area contributed by atoms with Crippen LogP contribution in [-0.4, -0.2) is 27.0 Å². The van der Waals surface area contributed by atoms with Crippen LogP contribution in [0.5, 0.6) is 0 Å². The second-order valence-corrected chi connectivity index (χ2v) is 6.40. The monoisotopic (exact) mass is 279 g/mol. The maximum absolute atomic E-state index is 10.4. The van der Waals surface area contributed by atoms with E-state index >= 15 is 0 Å². The molecule has 0 spiro atoms. The highest BCUT2D eigenvalue weighted by atomic mass is 16.3. The highest BCUT2D eigenvalue weighted by molar-refractivity contribution is 5.25. The van der Waals surface area contributed by atoms with E-state index in [0.29, 0.717) is 6.04 Å². The Hall–Kier alpha value is -0.870. The van der Waals surface area contributed by atoms with Crippen LogP contribution in [0.15, 0.2) is 0 Å². The first-order chi connectivity index (χ1) is 9.50. The third-order valence-electron chi connectivity index (χ3n) is 4.42. The fourth-order valence-corrected chi connectivity index (χ4v) is 3.14. The van der Waals surface area contributed by atoms with E-state index in [-0.39, 0.29) is 12.1 Å². The Bertz CT molecular complexity index is 439. The molecule has 0 bridgehead atoms. The van der Waals surface area contributed by atoms with Crippen LogP contribution in [0.3, 0.4) is 0 Å². The number of aryl methyl sites for hydroxylation is 1. The van der Waals surface area contributed by atoms with Gasteiger partial charge in [-0.2, -0.15) is 5.10 Å². The molecule has 2 atom stereocenters. The minimum Gasteiger partial charge on any atom is -0.391 e. The molecule has 1 fully saturated rings. The second-order valence-electron chi connectivity index (χ2n) is 6.40. The van der Waals surface area contributed by atoms with Crippen molar-refractivity contribution in [3.63, 3.8) is 0 Å². The molecule has 1 aliphatic rings. The van der Waals surface area contributed by atoms with Crippen molar-refractivity contribution < 1.29 is 5.11 Å². The number of hydrogen-bond acceptors (Lipinski definition) is 3. The summed E-state index contributed by atoms with van der Waals surface area (Å²) in [6, 6.07) is 0.629. The summed E-state index contributed by atoms with van der Waals surface area (Å²) in [5.74, 6) is 0. The predicted molar refractivity (Wildman–Crippen MR) is 81.8 cm³/mol. The molecule has 4 nitrogen and oxygen atoms in total. The lowest BCUT2D eigenvalue weighted by Crippen LogP contribution is -2.25. The van der Waals surface area contributed by atoms with Crippen molar-refractivity contribution in [2.75, 3.05) is 0 Å². The van der Waals surface area contributed by atoms with Gasteiger partial charge in [0.2, 0.25) is 0 Å². The van der Waals surface area contributed by atoms with E-state index in [0.717, 1.165) is 31.5 Å². The molecule has 2 unspecified atom stereocenters. The molecule has 2 N–H and O–H groups in total. The van der Waals surface area contributed by atoms with Crippen molar-refractivity contribution >= 4 is 0 Å². The fraction of sp³-hybridized carbons (Fsp3) is 0.812. The number of nitrogens with zero attached hydrogens (tertiary/aromatic N) is 2. The number of aliphatic hydroxyl groups excluding tert-OH is 1. The van der Waals surface area contributed by atoms with Gasteiger partial charge in [0.25, 0.3) is 0 Å². The van der Waals surface area contributed by atoms with E-state index in [1.54, 1.807) is 0 Å². The molecule has 0 radical (unpaired) electrons. The summed E-state index contributed by atoms with van der Waals surface area (Å²) < 4.78 is 2.09. The normalized spacial score (nSPS) is 24.1. The predicted octanol–water partition coefficient (Wildman–Crippen LogP) is 2.86. The molecule has 1 heterocycles. The van der Waals surface area contributed by atoms with Gasteiger partial charge in [0.1, 0.15) is 0 Å². The largest absolute Gasteiger partial charge is 0.391 e.